The summed E-state index contributed by atoms with van der Waals surface area (Å²) < 4.78 is 44.1. The molecule has 0 amide bonds. The van der Waals surface area contributed by atoms with E-state index >= 15 is 0 Å². The number of ether oxygens (including phenoxy) is 1. The van der Waals surface area contributed by atoms with Gasteiger partial charge in [-0.05, 0) is 30.0 Å². The van der Waals surface area contributed by atoms with Crippen molar-refractivity contribution in [3.63, 3.8) is 0 Å². The fraction of sp³-hybridized carbons (Fsp3) is 0.600. The highest BCUT2D eigenvalue weighted by Gasteiger charge is 2.34. The minimum atomic E-state index is -4.31. The predicted molar refractivity (Wildman–Crippen MR) is 68.3 cm³/mol. The van der Waals surface area contributed by atoms with Gasteiger partial charge in [-0.2, -0.15) is 13.2 Å². The van der Waals surface area contributed by atoms with E-state index in [1.165, 1.54) is 13.5 Å². The van der Waals surface area contributed by atoms with Crippen LogP contribution in [0.15, 0.2) is 18.2 Å². The van der Waals surface area contributed by atoms with Crippen LogP contribution >= 0.6 is 0 Å². The van der Waals surface area contributed by atoms with Gasteiger partial charge in [-0.3, -0.25) is 0 Å². The van der Waals surface area contributed by atoms with Gasteiger partial charge in [-0.1, -0.05) is 38.2 Å². The SMILES string of the molecule is COc1ccc(CC2CCCCC2)c(C(F)(F)F)c1. The molecule has 4 heteroatoms. The molecule has 0 bridgehead atoms. The Kier molecular flexibility index (Phi) is 4.38. The van der Waals surface area contributed by atoms with Gasteiger partial charge >= 0.3 is 6.18 Å². The molecule has 106 valence electrons. The first kappa shape index (κ1) is 14.2. The molecule has 1 saturated carbocycles. The molecule has 1 aliphatic rings. The van der Waals surface area contributed by atoms with E-state index in [2.05, 4.69) is 0 Å². The number of alkyl halides is 3. The minimum absolute atomic E-state index is 0.264. The molecule has 0 spiro atoms. The van der Waals surface area contributed by atoms with Gasteiger partial charge in [0.15, 0.2) is 0 Å². The highest BCUT2D eigenvalue weighted by Crippen LogP contribution is 2.37. The third-order valence-electron chi connectivity index (χ3n) is 3.86. The van der Waals surface area contributed by atoms with E-state index in [1.54, 1.807) is 12.1 Å². The smallest absolute Gasteiger partial charge is 0.416 e. The van der Waals surface area contributed by atoms with Crippen molar-refractivity contribution in [3.8, 4) is 5.75 Å². The van der Waals surface area contributed by atoms with Crippen LogP contribution < -0.4 is 4.74 Å². The van der Waals surface area contributed by atoms with E-state index < -0.39 is 11.7 Å². The maximum absolute atomic E-state index is 13.1. The zero-order valence-electron chi connectivity index (χ0n) is 11.1. The molecule has 1 aliphatic carbocycles. The summed E-state index contributed by atoms with van der Waals surface area (Å²) in [6.07, 6.45) is 1.81. The number of benzene rings is 1. The average Bonchev–Trinajstić information content (AvgIpc) is 2.39. The Labute approximate surface area is 111 Å². The van der Waals surface area contributed by atoms with Gasteiger partial charge in [0.05, 0.1) is 12.7 Å². The number of rotatable bonds is 3. The van der Waals surface area contributed by atoms with E-state index in [4.69, 9.17) is 4.74 Å². The molecular formula is C15H19F3O. The van der Waals surface area contributed by atoms with Crippen molar-refractivity contribution in [2.24, 2.45) is 5.92 Å². The Balaban J connectivity index is 2.23. The molecule has 1 aromatic rings. The molecule has 19 heavy (non-hydrogen) atoms. The second kappa shape index (κ2) is 5.85. The largest absolute Gasteiger partial charge is 0.497 e. The molecule has 0 N–H and O–H groups in total. The third-order valence-corrected chi connectivity index (χ3v) is 3.86. The van der Waals surface area contributed by atoms with Crippen molar-refractivity contribution in [3.05, 3.63) is 29.3 Å². The molecule has 0 saturated heterocycles. The zero-order valence-corrected chi connectivity index (χ0v) is 11.1. The first-order valence-electron chi connectivity index (χ1n) is 6.75. The number of hydrogen-bond donors (Lipinski definition) is 0. The van der Waals surface area contributed by atoms with Crippen LogP contribution in [0.25, 0.3) is 0 Å². The van der Waals surface area contributed by atoms with Crippen molar-refractivity contribution in [2.75, 3.05) is 7.11 Å². The molecule has 0 unspecified atom stereocenters. The minimum Gasteiger partial charge on any atom is -0.497 e. The summed E-state index contributed by atoms with van der Waals surface area (Å²) in [4.78, 5) is 0. The van der Waals surface area contributed by atoms with Crippen molar-refractivity contribution in [1.29, 1.82) is 0 Å². The monoisotopic (exact) mass is 272 g/mol. The maximum atomic E-state index is 13.1. The Hall–Kier alpha value is -1.19. The van der Waals surface area contributed by atoms with Crippen molar-refractivity contribution in [2.45, 2.75) is 44.7 Å². The molecule has 0 aliphatic heterocycles. The van der Waals surface area contributed by atoms with Crippen LogP contribution in [0.1, 0.15) is 43.2 Å². The molecule has 1 nitrogen and oxygen atoms in total. The lowest BCUT2D eigenvalue weighted by Crippen LogP contribution is -2.14. The van der Waals surface area contributed by atoms with Gasteiger partial charge in [-0.25, -0.2) is 0 Å². The fourth-order valence-corrected chi connectivity index (χ4v) is 2.83. The van der Waals surface area contributed by atoms with Crippen molar-refractivity contribution in [1.82, 2.24) is 0 Å². The Bertz CT molecular complexity index is 420. The molecule has 2 rings (SSSR count). The second-order valence-electron chi connectivity index (χ2n) is 5.23. The highest BCUT2D eigenvalue weighted by molar-refractivity contribution is 5.37. The Morgan fingerprint density at radius 2 is 1.84 bits per heavy atom. The van der Waals surface area contributed by atoms with Gasteiger partial charge < -0.3 is 4.74 Å². The summed E-state index contributed by atoms with van der Waals surface area (Å²) in [6.45, 7) is 0. The predicted octanol–water partition coefficient (Wildman–Crippen LogP) is 4.84. The summed E-state index contributed by atoms with van der Waals surface area (Å²) in [6, 6.07) is 4.29. The van der Waals surface area contributed by atoms with Gasteiger partial charge in [-0.15, -0.1) is 0 Å². The lowest BCUT2D eigenvalue weighted by molar-refractivity contribution is -0.138. The standard InChI is InChI=1S/C15H19F3O/c1-19-13-8-7-12(14(10-13)15(16,17)18)9-11-5-3-2-4-6-11/h7-8,10-11H,2-6,9H2,1H3. The summed E-state index contributed by atoms with van der Waals surface area (Å²) in [5.74, 6) is 0.656. The molecule has 0 radical (unpaired) electrons. The van der Waals surface area contributed by atoms with E-state index in [-0.39, 0.29) is 5.75 Å². The number of hydrogen-bond acceptors (Lipinski definition) is 1. The maximum Gasteiger partial charge on any atom is 0.416 e. The Morgan fingerprint density at radius 3 is 2.42 bits per heavy atom. The quantitative estimate of drug-likeness (QED) is 0.765. The molecular weight excluding hydrogens is 253 g/mol. The van der Waals surface area contributed by atoms with E-state index in [9.17, 15) is 13.2 Å². The lowest BCUT2D eigenvalue weighted by atomic mass is 9.84. The number of halogens is 3. The van der Waals surface area contributed by atoms with Crippen molar-refractivity contribution >= 4 is 0 Å². The summed E-state index contributed by atoms with van der Waals surface area (Å²) in [5.41, 5.74) is -0.141. The van der Waals surface area contributed by atoms with E-state index in [0.29, 0.717) is 17.9 Å². The van der Waals surface area contributed by atoms with E-state index in [0.717, 1.165) is 31.7 Å². The average molecular weight is 272 g/mol. The molecule has 1 fully saturated rings. The Morgan fingerprint density at radius 1 is 1.16 bits per heavy atom. The van der Waals surface area contributed by atoms with Gasteiger partial charge in [0.2, 0.25) is 0 Å². The summed E-state index contributed by atoms with van der Waals surface area (Å²) in [7, 11) is 1.39. The third kappa shape index (κ3) is 3.64. The normalized spacial score (nSPS) is 17.5. The summed E-state index contributed by atoms with van der Waals surface area (Å²) >= 11 is 0. The van der Waals surface area contributed by atoms with Crippen LogP contribution in [0.5, 0.6) is 5.75 Å². The summed E-state index contributed by atoms with van der Waals surface area (Å²) in [5, 5.41) is 0. The molecule has 0 heterocycles. The van der Waals surface area contributed by atoms with Crippen LogP contribution in [-0.2, 0) is 12.6 Å². The van der Waals surface area contributed by atoms with E-state index in [1.807, 2.05) is 0 Å². The first-order chi connectivity index (χ1) is 9.00. The first-order valence-corrected chi connectivity index (χ1v) is 6.75. The van der Waals surface area contributed by atoms with Gasteiger partial charge in [0, 0.05) is 0 Å². The van der Waals surface area contributed by atoms with Crippen LogP contribution in [0.4, 0.5) is 13.2 Å². The molecule has 0 aromatic heterocycles. The molecule has 0 atom stereocenters. The topological polar surface area (TPSA) is 9.23 Å². The number of methoxy groups -OCH3 is 1. The van der Waals surface area contributed by atoms with Crippen LogP contribution in [-0.4, -0.2) is 7.11 Å². The van der Waals surface area contributed by atoms with Gasteiger partial charge in [0.25, 0.3) is 0 Å². The van der Waals surface area contributed by atoms with Crippen LogP contribution in [0.2, 0.25) is 0 Å². The van der Waals surface area contributed by atoms with Crippen molar-refractivity contribution < 1.29 is 17.9 Å². The highest BCUT2D eigenvalue weighted by atomic mass is 19.4. The lowest BCUT2D eigenvalue weighted by Gasteiger charge is -2.23. The van der Waals surface area contributed by atoms with Crippen LogP contribution in [0.3, 0.4) is 0 Å². The van der Waals surface area contributed by atoms with Crippen LogP contribution in [0, 0.1) is 5.92 Å². The fourth-order valence-electron chi connectivity index (χ4n) is 2.83. The zero-order chi connectivity index (χ0) is 13.9. The molecule has 1 aromatic carbocycles. The van der Waals surface area contributed by atoms with Gasteiger partial charge in [0.1, 0.15) is 5.75 Å². The second-order valence-corrected chi connectivity index (χ2v) is 5.23.